The molecule has 1 N–H and O–H groups in total. The Balaban J connectivity index is 2.80. The topological polar surface area (TPSA) is 47.6 Å². The van der Waals surface area contributed by atoms with E-state index in [0.29, 0.717) is 23.6 Å². The van der Waals surface area contributed by atoms with Crippen LogP contribution in [0.5, 0.6) is 11.5 Å². The van der Waals surface area contributed by atoms with E-state index in [1.165, 1.54) is 0 Å². The van der Waals surface area contributed by atoms with Crippen LogP contribution in [0.15, 0.2) is 18.2 Å². The normalized spacial score (nSPS) is 11.1. The summed E-state index contributed by atoms with van der Waals surface area (Å²) in [6.07, 6.45) is 2.03. The van der Waals surface area contributed by atoms with Crippen molar-refractivity contribution in [3.05, 3.63) is 23.8 Å². The fraction of sp³-hybridized carbons (Fsp3) is 0.562. The van der Waals surface area contributed by atoms with Crippen LogP contribution in [-0.4, -0.2) is 32.0 Å². The number of rotatable bonds is 8. The van der Waals surface area contributed by atoms with Crippen molar-refractivity contribution >= 4 is 21.8 Å². The van der Waals surface area contributed by atoms with Gasteiger partial charge in [0.2, 0.25) is 0 Å². The Labute approximate surface area is 135 Å². The quantitative estimate of drug-likeness (QED) is 0.722. The molecule has 1 aromatic rings. The second-order valence-corrected chi connectivity index (χ2v) is 5.65. The predicted molar refractivity (Wildman–Crippen MR) is 88.7 cm³/mol. The Morgan fingerprint density at radius 3 is 2.29 bits per heavy atom. The average Bonchev–Trinajstić information content (AvgIpc) is 2.55. The number of ether oxygens (including phenoxy) is 2. The van der Waals surface area contributed by atoms with E-state index in [9.17, 15) is 4.79 Å². The summed E-state index contributed by atoms with van der Waals surface area (Å²) in [6, 6.07) is 5.18. The lowest BCUT2D eigenvalue weighted by molar-refractivity contribution is 0.0932. The molecule has 0 radical (unpaired) electrons. The van der Waals surface area contributed by atoms with Crippen molar-refractivity contribution in [1.29, 1.82) is 0 Å². The highest BCUT2D eigenvalue weighted by Crippen LogP contribution is 2.29. The number of methoxy groups -OCH3 is 2. The number of amides is 1. The molecule has 4 nitrogen and oxygen atoms in total. The maximum atomic E-state index is 12.3. The van der Waals surface area contributed by atoms with Gasteiger partial charge in [0, 0.05) is 17.4 Å². The number of carbonyl (C=O) groups excluding carboxylic acids is 1. The van der Waals surface area contributed by atoms with Crippen LogP contribution in [0.3, 0.4) is 0 Å². The van der Waals surface area contributed by atoms with Crippen LogP contribution in [0.2, 0.25) is 0 Å². The van der Waals surface area contributed by atoms with Crippen LogP contribution in [0, 0.1) is 5.41 Å². The molecule has 0 spiro atoms. The smallest absolute Gasteiger partial charge is 0.251 e. The van der Waals surface area contributed by atoms with E-state index in [1.807, 2.05) is 0 Å². The molecule has 5 heteroatoms. The van der Waals surface area contributed by atoms with Gasteiger partial charge in [-0.25, -0.2) is 0 Å². The van der Waals surface area contributed by atoms with Crippen LogP contribution in [0.4, 0.5) is 0 Å². The summed E-state index contributed by atoms with van der Waals surface area (Å²) in [6.45, 7) is 4.94. The van der Waals surface area contributed by atoms with Gasteiger partial charge < -0.3 is 14.8 Å². The van der Waals surface area contributed by atoms with E-state index in [2.05, 4.69) is 35.1 Å². The van der Waals surface area contributed by atoms with Gasteiger partial charge in [0.05, 0.1) is 14.2 Å². The number of hydrogen-bond donors (Lipinski definition) is 1. The largest absolute Gasteiger partial charge is 0.493 e. The maximum absolute atomic E-state index is 12.3. The number of carbonyl (C=O) groups is 1. The third-order valence-corrected chi connectivity index (χ3v) is 5.24. The van der Waals surface area contributed by atoms with E-state index in [4.69, 9.17) is 9.47 Å². The Morgan fingerprint density at radius 2 is 1.81 bits per heavy atom. The van der Waals surface area contributed by atoms with Gasteiger partial charge >= 0.3 is 0 Å². The van der Waals surface area contributed by atoms with E-state index < -0.39 is 0 Å². The highest BCUT2D eigenvalue weighted by atomic mass is 79.9. The molecular weight excluding hydrogens is 334 g/mol. The van der Waals surface area contributed by atoms with Gasteiger partial charge in [-0.3, -0.25) is 4.79 Å². The minimum absolute atomic E-state index is 0.0943. The van der Waals surface area contributed by atoms with Crippen molar-refractivity contribution in [1.82, 2.24) is 5.32 Å². The molecule has 0 aromatic heterocycles. The van der Waals surface area contributed by atoms with Crippen LogP contribution >= 0.6 is 15.9 Å². The lowest BCUT2D eigenvalue weighted by Crippen LogP contribution is -2.38. The maximum Gasteiger partial charge on any atom is 0.251 e. The molecule has 21 heavy (non-hydrogen) atoms. The van der Waals surface area contributed by atoms with E-state index in [0.717, 1.165) is 18.2 Å². The zero-order chi connectivity index (χ0) is 15.9. The second-order valence-electron chi connectivity index (χ2n) is 5.09. The van der Waals surface area contributed by atoms with Crippen molar-refractivity contribution in [2.45, 2.75) is 26.7 Å². The number of benzene rings is 1. The molecule has 118 valence electrons. The summed E-state index contributed by atoms with van der Waals surface area (Å²) < 4.78 is 10.4. The number of alkyl halides is 1. The summed E-state index contributed by atoms with van der Waals surface area (Å²) in [5, 5.41) is 3.89. The average molecular weight is 358 g/mol. The lowest BCUT2D eigenvalue weighted by Gasteiger charge is -2.29. The minimum atomic E-state index is -0.0943. The minimum Gasteiger partial charge on any atom is -0.493 e. The standard InChI is InChI=1S/C16H24BrNO3/c1-5-16(6-2,10-17)11-18-15(19)12-7-8-13(20-3)14(9-12)21-4/h7-9H,5-6,10-11H2,1-4H3,(H,18,19). The molecule has 0 heterocycles. The zero-order valence-corrected chi connectivity index (χ0v) is 14.7. The lowest BCUT2D eigenvalue weighted by atomic mass is 9.84. The summed E-state index contributed by atoms with van der Waals surface area (Å²) in [5.41, 5.74) is 0.676. The molecule has 1 amide bonds. The van der Waals surface area contributed by atoms with E-state index >= 15 is 0 Å². The highest BCUT2D eigenvalue weighted by molar-refractivity contribution is 9.09. The van der Waals surface area contributed by atoms with Gasteiger partial charge in [0.1, 0.15) is 0 Å². The molecule has 0 aliphatic heterocycles. The highest BCUT2D eigenvalue weighted by Gasteiger charge is 2.25. The summed E-state index contributed by atoms with van der Waals surface area (Å²) >= 11 is 3.55. The van der Waals surface area contributed by atoms with Crippen molar-refractivity contribution in [3.8, 4) is 11.5 Å². The molecule has 1 aromatic carbocycles. The van der Waals surface area contributed by atoms with E-state index in [1.54, 1.807) is 32.4 Å². The first kappa shape index (κ1) is 17.8. The van der Waals surface area contributed by atoms with Crippen LogP contribution in [-0.2, 0) is 0 Å². The van der Waals surface area contributed by atoms with Gasteiger partial charge in [0.25, 0.3) is 5.91 Å². The van der Waals surface area contributed by atoms with Crippen molar-refractivity contribution in [2.75, 3.05) is 26.1 Å². The van der Waals surface area contributed by atoms with Gasteiger partial charge in [-0.2, -0.15) is 0 Å². The second kappa shape index (κ2) is 8.27. The molecule has 1 rings (SSSR count). The Kier molecular flexibility index (Phi) is 7.02. The third-order valence-electron chi connectivity index (χ3n) is 4.05. The van der Waals surface area contributed by atoms with Gasteiger partial charge in [-0.15, -0.1) is 0 Å². The molecule has 0 aliphatic carbocycles. The van der Waals surface area contributed by atoms with Gasteiger partial charge in [-0.1, -0.05) is 29.8 Å². The molecular formula is C16H24BrNO3. The van der Waals surface area contributed by atoms with Crippen LogP contribution < -0.4 is 14.8 Å². The Bertz CT molecular complexity index is 464. The van der Waals surface area contributed by atoms with Crippen molar-refractivity contribution in [3.63, 3.8) is 0 Å². The first-order valence-corrected chi connectivity index (χ1v) is 8.24. The summed E-state index contributed by atoms with van der Waals surface area (Å²) in [7, 11) is 3.13. The molecule has 0 bridgehead atoms. The number of halogens is 1. The van der Waals surface area contributed by atoms with E-state index in [-0.39, 0.29) is 11.3 Å². The van der Waals surface area contributed by atoms with Crippen molar-refractivity contribution in [2.24, 2.45) is 5.41 Å². The molecule has 0 atom stereocenters. The molecule has 0 aliphatic rings. The molecule has 0 unspecified atom stereocenters. The predicted octanol–water partition coefficient (Wildman–Crippen LogP) is 3.63. The fourth-order valence-corrected chi connectivity index (χ4v) is 3.07. The molecule has 0 saturated carbocycles. The zero-order valence-electron chi connectivity index (χ0n) is 13.2. The third kappa shape index (κ3) is 4.37. The fourth-order valence-electron chi connectivity index (χ4n) is 2.08. The number of hydrogen-bond acceptors (Lipinski definition) is 3. The first-order chi connectivity index (χ1) is 10.1. The SMILES string of the molecule is CCC(CC)(CBr)CNC(=O)c1ccc(OC)c(OC)c1. The monoisotopic (exact) mass is 357 g/mol. The van der Waals surface area contributed by atoms with Gasteiger partial charge in [0.15, 0.2) is 11.5 Å². The molecule has 0 fully saturated rings. The molecule has 0 saturated heterocycles. The van der Waals surface area contributed by atoms with Gasteiger partial charge in [-0.05, 0) is 36.5 Å². The van der Waals surface area contributed by atoms with Crippen molar-refractivity contribution < 1.29 is 14.3 Å². The summed E-state index contributed by atoms with van der Waals surface area (Å²) in [5.74, 6) is 1.08. The van der Waals surface area contributed by atoms with Crippen LogP contribution in [0.25, 0.3) is 0 Å². The first-order valence-electron chi connectivity index (χ1n) is 7.12. The number of nitrogens with one attached hydrogen (secondary N) is 1. The Morgan fingerprint density at radius 1 is 1.19 bits per heavy atom. The Hall–Kier alpha value is -1.23. The summed E-state index contributed by atoms with van der Waals surface area (Å²) in [4.78, 5) is 12.3. The van der Waals surface area contributed by atoms with Crippen LogP contribution in [0.1, 0.15) is 37.0 Å².